The molecule has 57 heavy (non-hydrogen) atoms. The predicted octanol–water partition coefficient (Wildman–Crippen LogP) is 0.758. The second-order valence-electron chi connectivity index (χ2n) is 14.9. The van der Waals surface area contributed by atoms with Crippen LogP contribution in [0.2, 0.25) is 0 Å². The average molecular weight is 800 g/mol. The highest BCUT2D eigenvalue weighted by molar-refractivity contribution is 6.01. The number of esters is 2. The smallest absolute Gasteiger partial charge is 0.333 e. The summed E-state index contributed by atoms with van der Waals surface area (Å²) in [7, 11) is 5.24. The van der Waals surface area contributed by atoms with Gasteiger partial charge in [-0.1, -0.05) is 64.6 Å². The minimum atomic E-state index is -1.65. The van der Waals surface area contributed by atoms with E-state index in [9.17, 15) is 38.4 Å². The Morgan fingerprint density at radius 1 is 0.877 bits per heavy atom. The zero-order chi connectivity index (χ0) is 43.5. The Kier molecular flexibility index (Phi) is 17.9. The summed E-state index contributed by atoms with van der Waals surface area (Å²) in [5, 5.41) is 7.63. The largest absolute Gasteiger partial charge is 0.458 e. The van der Waals surface area contributed by atoms with Gasteiger partial charge in [0.1, 0.15) is 29.9 Å². The number of cyclic esters (lactones) is 2. The number of methoxy groups -OCH3 is 1. The van der Waals surface area contributed by atoms with Crippen molar-refractivity contribution < 1.29 is 52.6 Å². The molecular formula is C40H59N6O11. The molecule has 1 fully saturated rings. The van der Waals surface area contributed by atoms with Crippen LogP contribution in [0.4, 0.5) is 0 Å². The second-order valence-corrected chi connectivity index (χ2v) is 14.9. The van der Waals surface area contributed by atoms with Crippen molar-refractivity contribution in [2.45, 2.75) is 110 Å². The summed E-state index contributed by atoms with van der Waals surface area (Å²) in [6.07, 6.45) is -2.58. The predicted molar refractivity (Wildman–Crippen MR) is 208 cm³/mol. The third-order valence-electron chi connectivity index (χ3n) is 9.64. The van der Waals surface area contributed by atoms with Crippen molar-refractivity contribution in [1.29, 1.82) is 0 Å². The van der Waals surface area contributed by atoms with Crippen LogP contribution in [0.5, 0.6) is 0 Å². The van der Waals surface area contributed by atoms with Gasteiger partial charge in [0.15, 0.2) is 18.2 Å². The molecule has 3 N–H and O–H groups in total. The number of rotatable bonds is 8. The molecule has 0 aromatic heterocycles. The van der Waals surface area contributed by atoms with E-state index in [1.54, 1.807) is 64.4 Å². The van der Waals surface area contributed by atoms with E-state index in [1.807, 2.05) is 0 Å². The van der Waals surface area contributed by atoms with Gasteiger partial charge in [-0.05, 0) is 44.6 Å². The van der Waals surface area contributed by atoms with E-state index in [0.29, 0.717) is 5.56 Å². The van der Waals surface area contributed by atoms with Gasteiger partial charge in [0, 0.05) is 41.6 Å². The summed E-state index contributed by atoms with van der Waals surface area (Å²) in [6, 6.07) is 1.82. The Morgan fingerprint density at radius 2 is 1.47 bits per heavy atom. The normalized spacial score (nSPS) is 26.3. The van der Waals surface area contributed by atoms with Crippen LogP contribution in [-0.2, 0) is 59.0 Å². The fourth-order valence-electron chi connectivity index (χ4n) is 6.02. The first-order valence-corrected chi connectivity index (χ1v) is 18.7. The van der Waals surface area contributed by atoms with Crippen LogP contribution in [0.25, 0.3) is 0 Å². The van der Waals surface area contributed by atoms with Gasteiger partial charge in [0.25, 0.3) is 11.8 Å². The molecule has 8 atom stereocenters. The minimum Gasteiger partial charge on any atom is -0.458 e. The number of likely N-dealkylation sites (N-methyl/N-ethyl adjacent to an activating group) is 3. The van der Waals surface area contributed by atoms with Crippen LogP contribution in [0, 0.1) is 18.3 Å². The third-order valence-corrected chi connectivity index (χ3v) is 9.64. The van der Waals surface area contributed by atoms with E-state index in [1.165, 1.54) is 49.0 Å². The number of benzene rings is 1. The molecule has 2 rings (SSSR count). The quantitative estimate of drug-likeness (QED) is 0.247. The molecule has 0 aliphatic carbocycles. The number of carbonyl (C=O) groups is 8. The van der Waals surface area contributed by atoms with Crippen molar-refractivity contribution >= 4 is 47.4 Å². The van der Waals surface area contributed by atoms with Crippen molar-refractivity contribution in [2.75, 3.05) is 28.3 Å². The number of nitrogens with one attached hydrogen (secondary N) is 3. The van der Waals surface area contributed by atoms with Gasteiger partial charge in [-0.3, -0.25) is 28.8 Å². The zero-order valence-electron chi connectivity index (χ0n) is 35.0. The lowest BCUT2D eigenvalue weighted by molar-refractivity contribution is -0.175. The summed E-state index contributed by atoms with van der Waals surface area (Å²) in [5.41, 5.74) is 0.179. The zero-order valence-corrected chi connectivity index (χ0v) is 35.0. The number of nitrogens with zero attached hydrogens (tertiary/aromatic N) is 3. The summed E-state index contributed by atoms with van der Waals surface area (Å²) >= 11 is 0. The van der Waals surface area contributed by atoms with Gasteiger partial charge >= 0.3 is 11.9 Å². The minimum absolute atomic E-state index is 0.169. The first kappa shape index (κ1) is 47.8. The van der Waals surface area contributed by atoms with Crippen LogP contribution in [0.1, 0.15) is 61.0 Å². The summed E-state index contributed by atoms with van der Waals surface area (Å²) in [4.78, 5) is 113. The van der Waals surface area contributed by atoms with Crippen molar-refractivity contribution in [3.63, 3.8) is 0 Å². The number of ether oxygens (including phenoxy) is 3. The summed E-state index contributed by atoms with van der Waals surface area (Å²) in [5.74, 6) is -7.63. The molecule has 1 aliphatic rings. The second kappa shape index (κ2) is 21.3. The third kappa shape index (κ3) is 12.8. The number of hydrogen-bond donors (Lipinski definition) is 3. The average Bonchev–Trinajstić information content (AvgIpc) is 3.15. The lowest BCUT2D eigenvalue weighted by atomic mass is 9.98. The van der Waals surface area contributed by atoms with E-state index in [0.717, 1.165) is 21.6 Å². The molecule has 1 aliphatic heterocycles. The van der Waals surface area contributed by atoms with Gasteiger partial charge < -0.3 is 44.9 Å². The Morgan fingerprint density at radius 3 is 2.00 bits per heavy atom. The van der Waals surface area contributed by atoms with Gasteiger partial charge in [-0.25, -0.2) is 9.59 Å². The molecule has 0 saturated carbocycles. The van der Waals surface area contributed by atoms with Crippen molar-refractivity contribution in [3.05, 3.63) is 54.6 Å². The molecule has 1 aromatic rings. The first-order valence-electron chi connectivity index (χ1n) is 18.7. The van der Waals surface area contributed by atoms with Crippen LogP contribution in [0.3, 0.4) is 0 Å². The molecule has 0 unspecified atom stereocenters. The van der Waals surface area contributed by atoms with Crippen molar-refractivity contribution in [2.24, 2.45) is 11.8 Å². The molecule has 1 aromatic carbocycles. The maximum atomic E-state index is 14.2. The Labute approximate surface area is 335 Å². The molecule has 0 spiro atoms. The van der Waals surface area contributed by atoms with E-state index in [4.69, 9.17) is 14.2 Å². The topological polar surface area (TPSA) is 210 Å². The van der Waals surface area contributed by atoms with Crippen LogP contribution < -0.4 is 16.0 Å². The van der Waals surface area contributed by atoms with Gasteiger partial charge in [0.05, 0.1) is 6.10 Å². The molecule has 1 heterocycles. The summed E-state index contributed by atoms with van der Waals surface area (Å²) in [6.45, 7) is 16.0. The Balaban J connectivity index is 2.81. The van der Waals surface area contributed by atoms with Crippen LogP contribution >= 0.6 is 0 Å². The molecule has 1 saturated heterocycles. The van der Waals surface area contributed by atoms with Crippen molar-refractivity contribution in [1.82, 2.24) is 30.7 Å². The fourth-order valence-corrected chi connectivity index (χ4v) is 6.02. The maximum absolute atomic E-state index is 14.2. The van der Waals surface area contributed by atoms with Crippen LogP contribution in [-0.4, -0.2) is 139 Å². The SMILES string of the molecule is C=C1C(=O)N[C@@H](C)C(=O)N(C)[C@@H](C)C(=O)N[C@H]([CH]C(C)C)C(=O)N(C)[C@@H]([C@H](C)OC)C(=O)O[C@H](C(C)C)[C@H](NC(C)=O)C(=O)O[C@H](Cc2ccccc2)C(=O)N1C. The number of hydrogen-bond acceptors (Lipinski definition) is 11. The highest BCUT2D eigenvalue weighted by Gasteiger charge is 2.43. The molecule has 17 heteroatoms. The van der Waals surface area contributed by atoms with E-state index in [-0.39, 0.29) is 12.3 Å². The van der Waals surface area contributed by atoms with E-state index >= 15 is 0 Å². The molecule has 6 amide bonds. The Hall–Kier alpha value is -5.32. The Bertz CT molecular complexity index is 1650. The van der Waals surface area contributed by atoms with Crippen LogP contribution in [0.15, 0.2) is 42.6 Å². The number of amides is 6. The highest BCUT2D eigenvalue weighted by Crippen LogP contribution is 2.21. The van der Waals surface area contributed by atoms with Gasteiger partial charge in [0.2, 0.25) is 23.6 Å². The van der Waals surface area contributed by atoms with Crippen molar-refractivity contribution in [3.8, 4) is 0 Å². The first-order chi connectivity index (χ1) is 26.5. The summed E-state index contributed by atoms with van der Waals surface area (Å²) < 4.78 is 17.3. The number of carbonyl (C=O) groups excluding carboxylic acids is 8. The van der Waals surface area contributed by atoms with Gasteiger partial charge in [-0.2, -0.15) is 0 Å². The molecule has 1 radical (unpaired) electrons. The lowest BCUT2D eigenvalue weighted by Gasteiger charge is -2.36. The standard InChI is InChI=1S/C40H59N6O11/c1-21(2)19-29-37(51)46(12)32(26(8)55-13)40(54)57-33(22(3)4)31(42-27(9)47)39(53)56-30(20-28-17-15-14-16-18-28)38(52)45(11)24(6)34(48)41-23(5)36(50)44(10)25(7)35(49)43-29/h14-19,21-23,25-26,29-33H,6,20H2,1-5,7-13H3,(H,41,48)(H,42,47)(H,43,49)/t23-,25-,26-,29+,30+,31-,32-,33+/m0/s1. The monoisotopic (exact) mass is 799 g/mol. The molecule has 315 valence electrons. The van der Waals surface area contributed by atoms with E-state index < -0.39 is 108 Å². The maximum Gasteiger partial charge on any atom is 0.333 e. The molecule has 17 nitrogen and oxygen atoms in total. The molecule has 0 bridgehead atoms. The highest BCUT2D eigenvalue weighted by atomic mass is 16.6. The van der Waals surface area contributed by atoms with E-state index in [2.05, 4.69) is 22.5 Å². The lowest BCUT2D eigenvalue weighted by Crippen LogP contribution is -2.60. The fraction of sp³-hybridized carbons (Fsp3) is 0.575. The van der Waals surface area contributed by atoms with Gasteiger partial charge in [-0.15, -0.1) is 0 Å². The molecular weight excluding hydrogens is 740 g/mol.